The monoisotopic (exact) mass is 478 g/mol. The molecule has 1 aromatic rings. The van der Waals surface area contributed by atoms with Crippen molar-refractivity contribution in [1.82, 2.24) is 0 Å². The van der Waals surface area contributed by atoms with Gasteiger partial charge in [-0.3, -0.25) is 0 Å². The summed E-state index contributed by atoms with van der Waals surface area (Å²) in [6.45, 7) is 30.1. The molecule has 4 heteroatoms. The number of unbranched alkanes of at least 4 members (excludes halogenated alkanes) is 2. The van der Waals surface area contributed by atoms with E-state index in [-0.39, 0.29) is 23.1 Å². The molecule has 1 heterocycles. The average Bonchev–Trinajstić information content (AvgIpc) is 3.00. The van der Waals surface area contributed by atoms with E-state index in [4.69, 9.17) is 4.74 Å². The smallest absolute Gasteiger partial charge is 0.339 e. The topological polar surface area (TPSA) is 66.8 Å². The largest absolute Gasteiger partial charge is 0.507 e. The molecule has 2 rings (SSSR count). The predicted molar refractivity (Wildman–Crippen MR) is 148 cm³/mol. The molecule has 0 radical (unpaired) electrons. The number of phenolic OH excluding ortho intramolecular Hbond substituents is 1. The molecular formula is C30H54O4. The Morgan fingerprint density at radius 2 is 1.50 bits per heavy atom. The molecule has 0 bridgehead atoms. The normalized spacial score (nSPS) is 20.1. The van der Waals surface area contributed by atoms with Crippen LogP contribution in [-0.4, -0.2) is 21.8 Å². The Balaban J connectivity index is 0. The van der Waals surface area contributed by atoms with Crippen molar-refractivity contribution in [2.75, 3.05) is 0 Å². The fourth-order valence-electron chi connectivity index (χ4n) is 4.44. The molecule has 0 unspecified atom stereocenters. The van der Waals surface area contributed by atoms with Crippen LogP contribution in [-0.2, 0) is 11.8 Å². The van der Waals surface area contributed by atoms with Crippen LogP contribution in [0.25, 0.3) is 0 Å². The highest BCUT2D eigenvalue weighted by atomic mass is 16.5. The first-order valence-electron chi connectivity index (χ1n) is 13.2. The molecule has 1 aliphatic heterocycles. The van der Waals surface area contributed by atoms with Crippen molar-refractivity contribution < 1.29 is 19.7 Å². The number of rotatable bonds is 7. The van der Waals surface area contributed by atoms with Crippen molar-refractivity contribution in [1.29, 1.82) is 0 Å². The third-order valence-electron chi connectivity index (χ3n) is 6.73. The van der Waals surface area contributed by atoms with E-state index in [0.717, 1.165) is 19.3 Å². The van der Waals surface area contributed by atoms with Gasteiger partial charge in [0.2, 0.25) is 0 Å². The number of hydrogen-bond donors (Lipinski definition) is 2. The van der Waals surface area contributed by atoms with Gasteiger partial charge in [-0.15, -0.1) is 6.58 Å². The number of phenols is 1. The van der Waals surface area contributed by atoms with E-state index in [2.05, 4.69) is 48.1 Å². The van der Waals surface area contributed by atoms with Crippen LogP contribution in [0.4, 0.5) is 0 Å². The Morgan fingerprint density at radius 3 is 1.85 bits per heavy atom. The molecule has 0 aliphatic carbocycles. The van der Waals surface area contributed by atoms with E-state index < -0.39 is 17.0 Å². The van der Waals surface area contributed by atoms with Gasteiger partial charge in [-0.25, -0.2) is 4.79 Å². The molecule has 0 fully saturated rings. The quantitative estimate of drug-likeness (QED) is 0.303. The summed E-state index contributed by atoms with van der Waals surface area (Å²) < 4.78 is 6.41. The van der Waals surface area contributed by atoms with Crippen LogP contribution in [0.2, 0.25) is 0 Å². The molecule has 0 amide bonds. The molecule has 1 aliphatic rings. The highest BCUT2D eigenvalue weighted by molar-refractivity contribution is 5.94. The Morgan fingerprint density at radius 1 is 1.03 bits per heavy atom. The van der Waals surface area contributed by atoms with Crippen LogP contribution in [0.3, 0.4) is 0 Å². The number of carboxylic acids is 1. The van der Waals surface area contributed by atoms with Crippen LogP contribution < -0.4 is 4.74 Å². The highest BCUT2D eigenvalue weighted by Gasteiger charge is 2.59. The highest BCUT2D eigenvalue weighted by Crippen LogP contribution is 2.60. The van der Waals surface area contributed by atoms with E-state index in [1.807, 2.05) is 48.5 Å². The Labute approximate surface area is 210 Å². The number of hydrogen-bond acceptors (Lipinski definition) is 3. The summed E-state index contributed by atoms with van der Waals surface area (Å²) in [5, 5.41) is 20.8. The van der Waals surface area contributed by atoms with Crippen molar-refractivity contribution in [3.05, 3.63) is 34.9 Å². The summed E-state index contributed by atoms with van der Waals surface area (Å²) >= 11 is 0. The third kappa shape index (κ3) is 7.26. The first kappa shape index (κ1) is 34.2. The van der Waals surface area contributed by atoms with Gasteiger partial charge < -0.3 is 14.9 Å². The summed E-state index contributed by atoms with van der Waals surface area (Å²) in [6, 6.07) is 1.66. The Kier molecular flexibility index (Phi) is 15.2. The first-order chi connectivity index (χ1) is 15.7. The molecule has 0 saturated heterocycles. The van der Waals surface area contributed by atoms with Crippen molar-refractivity contribution in [2.24, 2.45) is 11.8 Å². The molecule has 1 aromatic carbocycles. The molecule has 198 valence electrons. The predicted octanol–water partition coefficient (Wildman–Crippen LogP) is 9.18. The fourth-order valence-corrected chi connectivity index (χ4v) is 4.44. The van der Waals surface area contributed by atoms with E-state index in [9.17, 15) is 15.0 Å². The summed E-state index contributed by atoms with van der Waals surface area (Å²) in [5.41, 5.74) is 1.65. The number of ether oxygens (including phenoxy) is 1. The van der Waals surface area contributed by atoms with Crippen molar-refractivity contribution >= 4 is 5.97 Å². The molecule has 4 nitrogen and oxygen atoms in total. The number of allylic oxidation sites excluding steroid dienone is 1. The second-order valence-electron chi connectivity index (χ2n) is 9.82. The van der Waals surface area contributed by atoms with Gasteiger partial charge in [-0.2, -0.15) is 0 Å². The van der Waals surface area contributed by atoms with Crippen LogP contribution >= 0.6 is 0 Å². The van der Waals surface area contributed by atoms with Gasteiger partial charge in [0.1, 0.15) is 22.7 Å². The minimum absolute atomic E-state index is 0.159. The second kappa shape index (κ2) is 15.1. The minimum Gasteiger partial charge on any atom is -0.507 e. The Hall–Kier alpha value is -1.97. The number of carboxylic acid groups (broad SMARTS) is 1. The van der Waals surface area contributed by atoms with E-state index in [0.29, 0.717) is 23.3 Å². The molecule has 0 spiro atoms. The number of fused-ring (bicyclic) bond motifs is 1. The van der Waals surface area contributed by atoms with Gasteiger partial charge in [0.15, 0.2) is 0 Å². The van der Waals surface area contributed by atoms with Crippen LogP contribution in [0.1, 0.15) is 131 Å². The lowest BCUT2D eigenvalue weighted by molar-refractivity contribution is -0.0224. The maximum absolute atomic E-state index is 12.1. The Bertz CT molecular complexity index is 775. The van der Waals surface area contributed by atoms with Crippen molar-refractivity contribution in [3.8, 4) is 11.5 Å². The van der Waals surface area contributed by atoms with E-state index in [1.165, 1.54) is 5.57 Å². The van der Waals surface area contributed by atoms with Gasteiger partial charge >= 0.3 is 5.97 Å². The van der Waals surface area contributed by atoms with Gasteiger partial charge in [-0.05, 0) is 57.1 Å². The molecular weight excluding hydrogens is 424 g/mol. The van der Waals surface area contributed by atoms with E-state index in [1.54, 1.807) is 6.07 Å². The van der Waals surface area contributed by atoms with Crippen molar-refractivity contribution in [2.45, 2.75) is 127 Å². The minimum atomic E-state index is -0.980. The number of carbonyl (C=O) groups is 1. The van der Waals surface area contributed by atoms with Crippen molar-refractivity contribution in [3.63, 3.8) is 0 Å². The molecule has 34 heavy (non-hydrogen) atoms. The SMILES string of the molecule is C=C(C)C.CC.CC.CCCCCc1cc(O)c2c(c1C(=O)O)O[C@](C)(C(C)C)[C@]2(C)C(C)C. The number of aryl methyl sites for hydroxylation is 1. The molecule has 0 aromatic heterocycles. The maximum Gasteiger partial charge on any atom is 0.339 e. The zero-order valence-corrected chi connectivity index (χ0v) is 24.5. The van der Waals surface area contributed by atoms with Crippen LogP contribution in [0.5, 0.6) is 11.5 Å². The molecule has 0 saturated carbocycles. The van der Waals surface area contributed by atoms with Gasteiger partial charge in [0.05, 0.1) is 0 Å². The fraction of sp³-hybridized carbons (Fsp3) is 0.700. The first-order valence-corrected chi connectivity index (χ1v) is 13.2. The number of aromatic hydroxyl groups is 1. The zero-order chi connectivity index (χ0) is 27.4. The maximum atomic E-state index is 12.1. The standard InChI is InChI=1S/C22H34O4.C4H8.2C2H6/c1-8-9-10-11-15-12-16(23)18-19(17(15)20(24)25)26-22(7,14(4)5)21(18,6)13(2)3;1-4(2)3;2*1-2/h12-14,23H,8-11H2,1-7H3,(H,24,25);1H2,2-3H3;2*1-2H3/t21-,22-;;;/m1.../s1. The summed E-state index contributed by atoms with van der Waals surface area (Å²) in [4.78, 5) is 12.1. The van der Waals surface area contributed by atoms with Crippen LogP contribution in [0, 0.1) is 11.8 Å². The lowest BCUT2D eigenvalue weighted by atomic mass is 9.60. The lowest BCUT2D eigenvalue weighted by Crippen LogP contribution is -2.54. The van der Waals surface area contributed by atoms with Gasteiger partial charge in [-0.1, -0.05) is 87.7 Å². The summed E-state index contributed by atoms with van der Waals surface area (Å²) in [5.74, 6) is -0.109. The van der Waals surface area contributed by atoms with E-state index >= 15 is 0 Å². The average molecular weight is 479 g/mol. The lowest BCUT2D eigenvalue weighted by Gasteiger charge is -2.45. The van der Waals surface area contributed by atoms with Gasteiger partial charge in [0.25, 0.3) is 0 Å². The third-order valence-corrected chi connectivity index (χ3v) is 6.73. The summed E-state index contributed by atoms with van der Waals surface area (Å²) in [6.07, 6.45) is 3.63. The number of aromatic carboxylic acids is 1. The van der Waals surface area contributed by atoms with Crippen LogP contribution in [0.15, 0.2) is 18.2 Å². The van der Waals surface area contributed by atoms with Gasteiger partial charge in [0, 0.05) is 11.0 Å². The second-order valence-corrected chi connectivity index (χ2v) is 9.82. The molecule has 2 atom stereocenters. The molecule has 2 N–H and O–H groups in total. The summed E-state index contributed by atoms with van der Waals surface area (Å²) in [7, 11) is 0. The zero-order valence-electron chi connectivity index (χ0n) is 24.5. The number of benzene rings is 1.